The molecule has 0 fully saturated rings. The van der Waals surface area contributed by atoms with E-state index < -0.39 is 41.7 Å². The molecule has 3 atom stereocenters. The van der Waals surface area contributed by atoms with Gasteiger partial charge in [0, 0.05) is 6.07 Å². The van der Waals surface area contributed by atoms with Gasteiger partial charge in [0.1, 0.15) is 35.4 Å². The fourth-order valence-electron chi connectivity index (χ4n) is 2.92. The molecule has 6 nitrogen and oxygen atoms in total. The van der Waals surface area contributed by atoms with Crippen LogP contribution in [0.4, 0.5) is 9.18 Å². The lowest BCUT2D eigenvalue weighted by Gasteiger charge is -2.31. The van der Waals surface area contributed by atoms with Crippen LogP contribution in [0.25, 0.3) is 0 Å². The Balaban J connectivity index is 2.81. The number of halogens is 1. The van der Waals surface area contributed by atoms with Gasteiger partial charge in [0.05, 0.1) is 0 Å². The maximum absolute atomic E-state index is 13.5. The molecule has 1 amide bonds. The first-order valence-corrected chi connectivity index (χ1v) is 10.1. The van der Waals surface area contributed by atoms with Gasteiger partial charge in [-0.2, -0.15) is 0 Å². The molecule has 1 rings (SSSR count). The lowest BCUT2D eigenvalue weighted by Crippen LogP contribution is -2.46. The summed E-state index contributed by atoms with van der Waals surface area (Å²) in [5, 5.41) is 2.47. The number of nitrogens with one attached hydrogen (secondary N) is 1. The number of hydrogen-bond donors (Lipinski definition) is 1. The number of esters is 1. The molecule has 0 radical (unpaired) electrons. The molecule has 0 saturated heterocycles. The summed E-state index contributed by atoms with van der Waals surface area (Å²) >= 11 is 0. The van der Waals surface area contributed by atoms with Gasteiger partial charge in [-0.25, -0.2) is 14.0 Å². The Morgan fingerprint density at radius 1 is 1.14 bits per heavy atom. The van der Waals surface area contributed by atoms with Crippen LogP contribution in [0.1, 0.15) is 61.3 Å². The van der Waals surface area contributed by atoms with Crippen molar-refractivity contribution in [2.45, 2.75) is 85.2 Å². The van der Waals surface area contributed by atoms with Crippen molar-refractivity contribution in [1.82, 2.24) is 5.32 Å². The molecule has 0 aromatic heterocycles. The number of rotatable bonds is 9. The highest BCUT2D eigenvalue weighted by Crippen LogP contribution is 2.25. The predicted molar refractivity (Wildman–Crippen MR) is 109 cm³/mol. The average Bonchev–Trinajstić information content (AvgIpc) is 2.60. The minimum atomic E-state index is -0.885. The van der Waals surface area contributed by atoms with Crippen molar-refractivity contribution in [3.8, 4) is 5.75 Å². The van der Waals surface area contributed by atoms with Crippen LogP contribution in [0.3, 0.4) is 0 Å². The second kappa shape index (κ2) is 11.0. The van der Waals surface area contributed by atoms with Gasteiger partial charge in [-0.3, -0.25) is 0 Å². The predicted octanol–water partition coefficient (Wildman–Crippen LogP) is 4.85. The zero-order chi connectivity index (χ0) is 22.2. The fourth-order valence-corrected chi connectivity index (χ4v) is 2.92. The molecule has 29 heavy (non-hydrogen) atoms. The van der Waals surface area contributed by atoms with E-state index in [0.717, 1.165) is 12.8 Å². The van der Waals surface area contributed by atoms with Crippen molar-refractivity contribution in [2.75, 3.05) is 0 Å². The van der Waals surface area contributed by atoms with Gasteiger partial charge in [0.2, 0.25) is 0 Å². The molecule has 1 N–H and O–H groups in total. The second-order valence-electron chi connectivity index (χ2n) is 8.13. The Morgan fingerprint density at radius 2 is 1.76 bits per heavy atom. The zero-order valence-corrected chi connectivity index (χ0v) is 18.5. The number of alkyl carbamates (subject to hydrolysis) is 1. The number of carbonyl (C=O) groups is 2. The third-order valence-electron chi connectivity index (χ3n) is 4.43. The van der Waals surface area contributed by atoms with Gasteiger partial charge in [-0.15, -0.1) is 0 Å². The molecule has 0 aliphatic rings. The van der Waals surface area contributed by atoms with Gasteiger partial charge >= 0.3 is 12.1 Å². The summed E-state index contributed by atoms with van der Waals surface area (Å²) in [5.74, 6) is -0.507. The molecule has 164 valence electrons. The summed E-state index contributed by atoms with van der Waals surface area (Å²) in [6.07, 6.45) is -0.126. The smallest absolute Gasteiger partial charge is 0.408 e. The third-order valence-corrected chi connectivity index (χ3v) is 4.43. The van der Waals surface area contributed by atoms with E-state index in [-0.39, 0.29) is 5.92 Å². The van der Waals surface area contributed by atoms with Crippen molar-refractivity contribution >= 4 is 12.1 Å². The van der Waals surface area contributed by atoms with Crippen molar-refractivity contribution in [2.24, 2.45) is 5.92 Å². The van der Waals surface area contributed by atoms with Crippen LogP contribution in [-0.4, -0.2) is 35.9 Å². The molecule has 0 saturated carbocycles. The van der Waals surface area contributed by atoms with Gasteiger partial charge in [-0.1, -0.05) is 19.9 Å². The molecule has 7 heteroatoms. The van der Waals surface area contributed by atoms with Crippen LogP contribution < -0.4 is 10.1 Å². The molecular formula is C22H34FNO5. The first-order chi connectivity index (χ1) is 13.5. The highest BCUT2D eigenvalue weighted by atomic mass is 19.1. The van der Waals surface area contributed by atoms with Crippen molar-refractivity contribution in [3.63, 3.8) is 0 Å². The molecule has 0 spiro atoms. The summed E-state index contributed by atoms with van der Waals surface area (Å²) in [7, 11) is 0. The van der Waals surface area contributed by atoms with E-state index >= 15 is 0 Å². The Hall–Kier alpha value is -2.31. The number of benzene rings is 1. The van der Waals surface area contributed by atoms with Crippen molar-refractivity contribution in [1.29, 1.82) is 0 Å². The van der Waals surface area contributed by atoms with Crippen LogP contribution in [-0.2, 0) is 14.3 Å². The Bertz CT molecular complexity index is 669. The fraction of sp³-hybridized carbons (Fsp3) is 0.636. The topological polar surface area (TPSA) is 73.9 Å². The molecule has 0 aliphatic carbocycles. The second-order valence-corrected chi connectivity index (χ2v) is 8.13. The van der Waals surface area contributed by atoms with E-state index in [0.29, 0.717) is 5.75 Å². The maximum Gasteiger partial charge on any atom is 0.408 e. The molecule has 1 aromatic carbocycles. The largest absolute Gasteiger partial charge is 0.486 e. The summed E-state index contributed by atoms with van der Waals surface area (Å²) < 4.78 is 30.2. The minimum absolute atomic E-state index is 0.107. The maximum atomic E-state index is 13.5. The first-order valence-electron chi connectivity index (χ1n) is 10.1. The molecular weight excluding hydrogens is 377 g/mol. The first kappa shape index (κ1) is 24.7. The summed E-state index contributed by atoms with van der Waals surface area (Å²) in [4.78, 5) is 24.3. The van der Waals surface area contributed by atoms with Crippen molar-refractivity contribution in [3.05, 3.63) is 30.1 Å². The molecule has 0 bridgehead atoms. The van der Waals surface area contributed by atoms with Gasteiger partial charge < -0.3 is 19.5 Å². The van der Waals surface area contributed by atoms with E-state index in [4.69, 9.17) is 14.2 Å². The van der Waals surface area contributed by atoms with E-state index in [2.05, 4.69) is 5.32 Å². The minimum Gasteiger partial charge on any atom is -0.486 e. The van der Waals surface area contributed by atoms with Crippen LogP contribution in [0.2, 0.25) is 0 Å². The Kier molecular flexibility index (Phi) is 9.40. The van der Waals surface area contributed by atoms with Gasteiger partial charge in [0.15, 0.2) is 0 Å². The SMILES string of the molecule is CCC(CC)[C@H](Oc1cccc(F)c1)[C@H](C)OC(=O)[C@H](C)NC(=O)OC(C)(C)C. The third kappa shape index (κ3) is 8.71. The summed E-state index contributed by atoms with van der Waals surface area (Å²) in [6, 6.07) is 4.99. The molecule has 0 heterocycles. The van der Waals surface area contributed by atoms with E-state index in [1.54, 1.807) is 39.8 Å². The number of carbonyl (C=O) groups excluding carboxylic acids is 2. The normalized spacial score (nSPS) is 14.7. The summed E-state index contributed by atoms with van der Waals surface area (Å²) in [5.41, 5.74) is -0.666. The quantitative estimate of drug-likeness (QED) is 0.588. The number of amides is 1. The monoisotopic (exact) mass is 411 g/mol. The van der Waals surface area contributed by atoms with Crippen LogP contribution >= 0.6 is 0 Å². The Labute approximate surface area is 173 Å². The highest BCUT2D eigenvalue weighted by molar-refractivity contribution is 5.81. The number of ether oxygens (including phenoxy) is 3. The lowest BCUT2D eigenvalue weighted by atomic mass is 9.93. The zero-order valence-electron chi connectivity index (χ0n) is 18.5. The van der Waals surface area contributed by atoms with Gasteiger partial charge in [-0.05, 0) is 65.5 Å². The Morgan fingerprint density at radius 3 is 2.28 bits per heavy atom. The average molecular weight is 412 g/mol. The van der Waals surface area contributed by atoms with Crippen LogP contribution in [0.15, 0.2) is 24.3 Å². The molecule has 0 aliphatic heterocycles. The van der Waals surface area contributed by atoms with E-state index in [1.807, 2.05) is 13.8 Å². The molecule has 1 aromatic rings. The lowest BCUT2D eigenvalue weighted by molar-refractivity contribution is -0.156. The van der Waals surface area contributed by atoms with Gasteiger partial charge in [0.25, 0.3) is 0 Å². The van der Waals surface area contributed by atoms with Crippen molar-refractivity contribution < 1.29 is 28.2 Å². The molecule has 0 unspecified atom stereocenters. The summed E-state index contributed by atoms with van der Waals surface area (Å²) in [6.45, 7) is 12.5. The number of hydrogen-bond acceptors (Lipinski definition) is 5. The van der Waals surface area contributed by atoms with Crippen LogP contribution in [0.5, 0.6) is 5.75 Å². The highest BCUT2D eigenvalue weighted by Gasteiger charge is 2.31. The standard InChI is InChI=1S/C22H34FNO5/c1-8-16(9-2)19(28-18-12-10-11-17(23)13-18)15(4)27-20(25)14(3)24-21(26)29-22(5,6)7/h10-16,19H,8-9H2,1-7H3,(H,24,26)/t14-,15-,19+/m0/s1. The van der Waals surface area contributed by atoms with E-state index in [1.165, 1.54) is 19.1 Å². The van der Waals surface area contributed by atoms with E-state index in [9.17, 15) is 14.0 Å². The van der Waals surface area contributed by atoms with Crippen LogP contribution in [0, 0.1) is 11.7 Å².